The Morgan fingerprint density at radius 2 is 2.00 bits per heavy atom. The fourth-order valence-electron chi connectivity index (χ4n) is 3.59. The molecule has 1 heterocycles. The molecule has 0 aromatic heterocycles. The molecular weight excluding hydrogens is 258 g/mol. The van der Waals surface area contributed by atoms with Crippen LogP contribution in [-0.4, -0.2) is 18.0 Å². The molecule has 2 N–H and O–H groups in total. The van der Waals surface area contributed by atoms with Gasteiger partial charge in [-0.05, 0) is 36.8 Å². The van der Waals surface area contributed by atoms with E-state index in [-0.39, 0.29) is 5.54 Å². The molecule has 1 aliphatic carbocycles. The van der Waals surface area contributed by atoms with Gasteiger partial charge in [0.25, 0.3) is 0 Å². The first-order valence-electron chi connectivity index (χ1n) is 6.78. The van der Waals surface area contributed by atoms with Crippen molar-refractivity contribution in [3.05, 3.63) is 29.3 Å². The van der Waals surface area contributed by atoms with Gasteiger partial charge in [-0.1, -0.05) is 37.6 Å². The van der Waals surface area contributed by atoms with E-state index in [9.17, 15) is 0 Å². The first-order chi connectivity index (χ1) is 8.94. The standard InChI is InChI=1S/C15H20ClN3/c1-14(2)7-8-15(9-14)10-18-13(17)19(15)12-6-4-3-5-11(12)16/h3-6H,7-10H2,1-2H3,(H2,17,18). The zero-order valence-electron chi connectivity index (χ0n) is 11.5. The van der Waals surface area contributed by atoms with Crippen LogP contribution in [0.1, 0.15) is 33.1 Å². The Balaban J connectivity index is 2.03. The quantitative estimate of drug-likeness (QED) is 0.854. The van der Waals surface area contributed by atoms with Crippen LogP contribution in [0.5, 0.6) is 0 Å². The van der Waals surface area contributed by atoms with Crippen molar-refractivity contribution < 1.29 is 0 Å². The van der Waals surface area contributed by atoms with E-state index >= 15 is 0 Å². The van der Waals surface area contributed by atoms with Crippen LogP contribution in [0.15, 0.2) is 29.3 Å². The van der Waals surface area contributed by atoms with E-state index in [1.807, 2.05) is 24.3 Å². The van der Waals surface area contributed by atoms with E-state index in [1.165, 1.54) is 6.42 Å². The summed E-state index contributed by atoms with van der Waals surface area (Å²) in [6.07, 6.45) is 3.43. The third-order valence-electron chi connectivity index (χ3n) is 4.41. The topological polar surface area (TPSA) is 41.6 Å². The van der Waals surface area contributed by atoms with Crippen LogP contribution < -0.4 is 10.6 Å². The molecule has 3 nitrogen and oxygen atoms in total. The van der Waals surface area contributed by atoms with Gasteiger partial charge in [0.15, 0.2) is 5.96 Å². The Labute approximate surface area is 119 Å². The highest BCUT2D eigenvalue weighted by Crippen LogP contribution is 2.50. The van der Waals surface area contributed by atoms with Crippen molar-refractivity contribution in [1.82, 2.24) is 0 Å². The van der Waals surface area contributed by atoms with E-state index in [0.29, 0.717) is 11.4 Å². The number of anilines is 1. The third kappa shape index (κ3) is 2.00. The van der Waals surface area contributed by atoms with Crippen LogP contribution in [0, 0.1) is 5.41 Å². The molecule has 102 valence electrons. The Hall–Kier alpha value is -1.22. The summed E-state index contributed by atoms with van der Waals surface area (Å²) in [7, 11) is 0. The number of hydrogen-bond acceptors (Lipinski definition) is 3. The number of aliphatic imine (C=N–C) groups is 1. The molecule has 3 rings (SSSR count). The number of nitrogens with zero attached hydrogens (tertiary/aromatic N) is 2. The lowest BCUT2D eigenvalue weighted by Gasteiger charge is -2.37. The fourth-order valence-corrected chi connectivity index (χ4v) is 3.81. The largest absolute Gasteiger partial charge is 0.369 e. The van der Waals surface area contributed by atoms with E-state index in [4.69, 9.17) is 17.3 Å². The zero-order valence-corrected chi connectivity index (χ0v) is 12.2. The predicted octanol–water partition coefficient (Wildman–Crippen LogP) is 3.42. The predicted molar refractivity (Wildman–Crippen MR) is 80.8 cm³/mol. The number of halogens is 1. The van der Waals surface area contributed by atoms with Crippen molar-refractivity contribution in [1.29, 1.82) is 0 Å². The third-order valence-corrected chi connectivity index (χ3v) is 4.73. The minimum absolute atomic E-state index is 0.0264. The summed E-state index contributed by atoms with van der Waals surface area (Å²) >= 11 is 6.35. The second-order valence-electron chi connectivity index (χ2n) is 6.53. The molecule has 1 aliphatic heterocycles. The van der Waals surface area contributed by atoms with Crippen molar-refractivity contribution in [3.63, 3.8) is 0 Å². The lowest BCUT2D eigenvalue weighted by Crippen LogP contribution is -2.51. The molecule has 19 heavy (non-hydrogen) atoms. The van der Waals surface area contributed by atoms with Crippen molar-refractivity contribution in [2.75, 3.05) is 11.4 Å². The molecule has 0 saturated heterocycles. The van der Waals surface area contributed by atoms with Gasteiger partial charge in [-0.3, -0.25) is 4.99 Å². The number of rotatable bonds is 1. The van der Waals surface area contributed by atoms with Crippen LogP contribution in [-0.2, 0) is 0 Å². The minimum atomic E-state index is 0.0264. The first-order valence-corrected chi connectivity index (χ1v) is 7.16. The maximum absolute atomic E-state index is 6.35. The molecule has 1 saturated carbocycles. The van der Waals surface area contributed by atoms with Crippen molar-refractivity contribution >= 4 is 23.2 Å². The lowest BCUT2D eigenvalue weighted by atomic mass is 9.87. The molecule has 2 aliphatic rings. The molecule has 1 spiro atoms. The van der Waals surface area contributed by atoms with E-state index in [0.717, 1.165) is 30.1 Å². The van der Waals surface area contributed by atoms with Crippen LogP contribution >= 0.6 is 11.6 Å². The Morgan fingerprint density at radius 3 is 2.63 bits per heavy atom. The highest BCUT2D eigenvalue weighted by atomic mass is 35.5. The maximum Gasteiger partial charge on any atom is 0.196 e. The summed E-state index contributed by atoms with van der Waals surface area (Å²) in [6, 6.07) is 7.89. The Bertz CT molecular complexity index is 538. The number of nitrogens with two attached hydrogens (primary N) is 1. The van der Waals surface area contributed by atoms with Gasteiger partial charge in [0.1, 0.15) is 0 Å². The summed E-state index contributed by atoms with van der Waals surface area (Å²) < 4.78 is 0. The second kappa shape index (κ2) is 4.14. The van der Waals surface area contributed by atoms with E-state index in [2.05, 4.69) is 23.7 Å². The highest BCUT2D eigenvalue weighted by molar-refractivity contribution is 6.34. The summed E-state index contributed by atoms with van der Waals surface area (Å²) in [6.45, 7) is 5.43. The second-order valence-corrected chi connectivity index (χ2v) is 6.93. The molecule has 1 unspecified atom stereocenters. The normalized spacial score (nSPS) is 29.0. The summed E-state index contributed by atoms with van der Waals surface area (Å²) in [5.74, 6) is 0.603. The van der Waals surface area contributed by atoms with E-state index in [1.54, 1.807) is 0 Å². The number of benzene rings is 1. The number of para-hydroxylation sites is 1. The molecule has 1 aromatic carbocycles. The average Bonchev–Trinajstić information content (AvgIpc) is 2.82. The van der Waals surface area contributed by atoms with Crippen molar-refractivity contribution in [2.45, 2.75) is 38.6 Å². The Kier molecular flexibility index (Phi) is 2.79. The molecule has 0 radical (unpaired) electrons. The molecule has 1 atom stereocenters. The molecule has 1 fully saturated rings. The van der Waals surface area contributed by atoms with Gasteiger partial charge in [-0.15, -0.1) is 0 Å². The van der Waals surface area contributed by atoms with Gasteiger partial charge in [-0.25, -0.2) is 0 Å². The van der Waals surface area contributed by atoms with Crippen molar-refractivity contribution in [2.24, 2.45) is 16.1 Å². The summed E-state index contributed by atoms with van der Waals surface area (Å²) in [5.41, 5.74) is 7.50. The molecule has 1 aromatic rings. The van der Waals surface area contributed by atoms with Gasteiger partial charge < -0.3 is 10.6 Å². The van der Waals surface area contributed by atoms with Crippen LogP contribution in [0.4, 0.5) is 5.69 Å². The Morgan fingerprint density at radius 1 is 1.26 bits per heavy atom. The van der Waals surface area contributed by atoms with Gasteiger partial charge in [-0.2, -0.15) is 0 Å². The van der Waals surface area contributed by atoms with Gasteiger partial charge in [0.05, 0.1) is 22.8 Å². The van der Waals surface area contributed by atoms with Crippen molar-refractivity contribution in [3.8, 4) is 0 Å². The molecule has 4 heteroatoms. The molecule has 0 amide bonds. The molecular formula is C15H20ClN3. The average molecular weight is 278 g/mol. The summed E-state index contributed by atoms with van der Waals surface area (Å²) in [4.78, 5) is 6.67. The smallest absolute Gasteiger partial charge is 0.196 e. The van der Waals surface area contributed by atoms with Crippen LogP contribution in [0.25, 0.3) is 0 Å². The van der Waals surface area contributed by atoms with Gasteiger partial charge in [0.2, 0.25) is 0 Å². The zero-order chi connectivity index (χ0) is 13.7. The maximum atomic E-state index is 6.35. The monoisotopic (exact) mass is 277 g/mol. The molecule has 0 bridgehead atoms. The first kappa shape index (κ1) is 12.8. The SMILES string of the molecule is CC1(C)CCC2(CN=C(N)N2c2ccccc2Cl)C1. The van der Waals surface area contributed by atoms with Gasteiger partial charge >= 0.3 is 0 Å². The highest BCUT2D eigenvalue weighted by Gasteiger charge is 2.51. The lowest BCUT2D eigenvalue weighted by molar-refractivity contribution is 0.346. The minimum Gasteiger partial charge on any atom is -0.369 e. The van der Waals surface area contributed by atoms with Gasteiger partial charge in [0, 0.05) is 0 Å². The van der Waals surface area contributed by atoms with Crippen LogP contribution in [0.3, 0.4) is 0 Å². The van der Waals surface area contributed by atoms with Crippen LogP contribution in [0.2, 0.25) is 5.02 Å². The number of hydrogen-bond donors (Lipinski definition) is 1. The number of guanidine groups is 1. The fraction of sp³-hybridized carbons (Fsp3) is 0.533. The van der Waals surface area contributed by atoms with E-state index < -0.39 is 0 Å². The summed E-state index contributed by atoms with van der Waals surface area (Å²) in [5, 5.41) is 0.742.